The van der Waals surface area contributed by atoms with E-state index < -0.39 is 0 Å². The minimum Gasteiger partial charge on any atom is -0.497 e. The summed E-state index contributed by atoms with van der Waals surface area (Å²) in [7, 11) is 1.57. The highest BCUT2D eigenvalue weighted by Crippen LogP contribution is 2.39. The lowest BCUT2D eigenvalue weighted by Gasteiger charge is -2.26. The van der Waals surface area contributed by atoms with Crippen LogP contribution in [0.1, 0.15) is 28.4 Å². The average Bonchev–Trinajstić information content (AvgIpc) is 2.49. The topological polar surface area (TPSA) is 35.5 Å². The van der Waals surface area contributed by atoms with Crippen molar-refractivity contribution in [2.75, 3.05) is 7.11 Å². The van der Waals surface area contributed by atoms with Crippen molar-refractivity contribution in [1.82, 2.24) is 0 Å². The van der Waals surface area contributed by atoms with E-state index in [1.165, 1.54) is 0 Å². The molecule has 1 unspecified atom stereocenters. The van der Waals surface area contributed by atoms with Gasteiger partial charge < -0.3 is 9.47 Å². The number of ether oxygens (including phenoxy) is 2. The number of methoxy groups -OCH3 is 1. The third-order valence-corrected chi connectivity index (χ3v) is 4.27. The standard InChI is InChI=1S/C16H12BrClO3/c1-20-10-3-5-15-12(7-10)14(19)8-16(21-15)11-6-9(17)2-4-13(11)18/h2-7,16H,8H2,1H3. The number of carbonyl (C=O) groups excluding carboxylic acids is 1. The number of fused-ring (bicyclic) bond motifs is 1. The maximum absolute atomic E-state index is 12.3. The molecule has 0 N–H and O–H groups in total. The lowest BCUT2D eigenvalue weighted by molar-refractivity contribution is 0.0849. The molecule has 0 saturated carbocycles. The van der Waals surface area contributed by atoms with Gasteiger partial charge in [0.25, 0.3) is 0 Å². The van der Waals surface area contributed by atoms with Gasteiger partial charge in [-0.15, -0.1) is 0 Å². The molecule has 1 heterocycles. The molecular weight excluding hydrogens is 356 g/mol. The van der Waals surface area contributed by atoms with Crippen LogP contribution in [-0.2, 0) is 0 Å². The molecule has 2 aromatic rings. The van der Waals surface area contributed by atoms with Crippen LogP contribution in [0.3, 0.4) is 0 Å². The molecule has 0 bridgehead atoms. The van der Waals surface area contributed by atoms with E-state index in [4.69, 9.17) is 21.1 Å². The number of benzene rings is 2. The molecule has 0 aromatic heterocycles. The summed E-state index contributed by atoms with van der Waals surface area (Å²) >= 11 is 9.63. The van der Waals surface area contributed by atoms with Crippen LogP contribution in [0, 0.1) is 0 Å². The third-order valence-electron chi connectivity index (χ3n) is 3.43. The van der Waals surface area contributed by atoms with Crippen molar-refractivity contribution >= 4 is 33.3 Å². The van der Waals surface area contributed by atoms with Crippen LogP contribution in [0.5, 0.6) is 11.5 Å². The van der Waals surface area contributed by atoms with Crippen LogP contribution in [0.25, 0.3) is 0 Å². The van der Waals surface area contributed by atoms with Gasteiger partial charge in [-0.1, -0.05) is 27.5 Å². The van der Waals surface area contributed by atoms with Crippen molar-refractivity contribution in [3.63, 3.8) is 0 Å². The molecule has 1 aliphatic rings. The van der Waals surface area contributed by atoms with Gasteiger partial charge in [-0.05, 0) is 36.4 Å². The Bertz CT molecular complexity index is 715. The van der Waals surface area contributed by atoms with Crippen LogP contribution in [-0.4, -0.2) is 12.9 Å². The van der Waals surface area contributed by atoms with Gasteiger partial charge in [0.1, 0.15) is 17.6 Å². The van der Waals surface area contributed by atoms with Gasteiger partial charge in [-0.2, -0.15) is 0 Å². The van der Waals surface area contributed by atoms with Crippen molar-refractivity contribution < 1.29 is 14.3 Å². The van der Waals surface area contributed by atoms with E-state index in [0.29, 0.717) is 22.1 Å². The van der Waals surface area contributed by atoms with Gasteiger partial charge in [-0.25, -0.2) is 0 Å². The molecule has 1 aliphatic heterocycles. The van der Waals surface area contributed by atoms with Gasteiger partial charge in [-0.3, -0.25) is 4.79 Å². The van der Waals surface area contributed by atoms with E-state index >= 15 is 0 Å². The largest absolute Gasteiger partial charge is 0.497 e. The fraction of sp³-hybridized carbons (Fsp3) is 0.188. The Morgan fingerprint density at radius 3 is 2.86 bits per heavy atom. The third kappa shape index (κ3) is 2.78. The van der Waals surface area contributed by atoms with Gasteiger partial charge in [0.2, 0.25) is 0 Å². The molecule has 5 heteroatoms. The number of rotatable bonds is 2. The second kappa shape index (κ2) is 5.70. The highest BCUT2D eigenvalue weighted by atomic mass is 79.9. The average molecular weight is 368 g/mol. The fourth-order valence-corrected chi connectivity index (χ4v) is 2.98. The first kappa shape index (κ1) is 14.4. The van der Waals surface area contributed by atoms with Crippen LogP contribution in [0.2, 0.25) is 5.02 Å². The summed E-state index contributed by atoms with van der Waals surface area (Å²) in [5.74, 6) is 1.23. The number of halogens is 2. The van der Waals surface area contributed by atoms with E-state index in [2.05, 4.69) is 15.9 Å². The second-order valence-electron chi connectivity index (χ2n) is 4.76. The van der Waals surface area contributed by atoms with Crippen LogP contribution >= 0.6 is 27.5 Å². The zero-order valence-electron chi connectivity index (χ0n) is 11.2. The molecule has 3 rings (SSSR count). The molecule has 3 nitrogen and oxygen atoms in total. The van der Waals surface area contributed by atoms with E-state index in [-0.39, 0.29) is 18.3 Å². The van der Waals surface area contributed by atoms with Gasteiger partial charge in [0, 0.05) is 15.1 Å². The Labute approximate surface area is 136 Å². The van der Waals surface area contributed by atoms with Crippen molar-refractivity contribution in [2.24, 2.45) is 0 Å². The highest BCUT2D eigenvalue weighted by Gasteiger charge is 2.29. The lowest BCUT2D eigenvalue weighted by atomic mass is 9.96. The molecule has 0 radical (unpaired) electrons. The van der Waals surface area contributed by atoms with Gasteiger partial charge in [0.15, 0.2) is 5.78 Å². The van der Waals surface area contributed by atoms with Crippen molar-refractivity contribution in [2.45, 2.75) is 12.5 Å². The molecule has 0 fully saturated rings. The molecule has 2 aromatic carbocycles. The first-order chi connectivity index (χ1) is 10.1. The van der Waals surface area contributed by atoms with Gasteiger partial charge >= 0.3 is 0 Å². The Hall–Kier alpha value is -1.52. The summed E-state index contributed by atoms with van der Waals surface area (Å²) in [6.45, 7) is 0. The Kier molecular flexibility index (Phi) is 3.91. The zero-order chi connectivity index (χ0) is 15.0. The lowest BCUT2D eigenvalue weighted by Crippen LogP contribution is -2.20. The first-order valence-corrected chi connectivity index (χ1v) is 7.58. The van der Waals surface area contributed by atoms with E-state index in [1.807, 2.05) is 12.1 Å². The smallest absolute Gasteiger partial charge is 0.170 e. The number of carbonyl (C=O) groups is 1. The van der Waals surface area contributed by atoms with Crippen LogP contribution in [0.4, 0.5) is 0 Å². The maximum Gasteiger partial charge on any atom is 0.170 e. The molecule has 0 aliphatic carbocycles. The summed E-state index contributed by atoms with van der Waals surface area (Å²) < 4.78 is 12.0. The minimum atomic E-state index is -0.372. The van der Waals surface area contributed by atoms with Crippen molar-refractivity contribution in [3.05, 3.63) is 57.0 Å². The van der Waals surface area contributed by atoms with E-state index in [0.717, 1.165) is 10.0 Å². The predicted molar refractivity (Wildman–Crippen MR) is 84.5 cm³/mol. The molecule has 0 amide bonds. The molecule has 1 atom stereocenters. The predicted octanol–water partition coefficient (Wildman–Crippen LogP) is 4.82. The summed E-state index contributed by atoms with van der Waals surface area (Å²) in [5.41, 5.74) is 1.36. The van der Waals surface area contributed by atoms with Gasteiger partial charge in [0.05, 0.1) is 19.1 Å². The summed E-state index contributed by atoms with van der Waals surface area (Å²) in [6, 6.07) is 10.8. The SMILES string of the molecule is COc1ccc2c(c1)C(=O)CC(c1cc(Br)ccc1Cl)O2. The molecule has 0 spiro atoms. The zero-order valence-corrected chi connectivity index (χ0v) is 13.6. The second-order valence-corrected chi connectivity index (χ2v) is 6.08. The monoisotopic (exact) mass is 366 g/mol. The minimum absolute atomic E-state index is 0.0243. The highest BCUT2D eigenvalue weighted by molar-refractivity contribution is 9.10. The quantitative estimate of drug-likeness (QED) is 0.763. The number of hydrogen-bond donors (Lipinski definition) is 0. The first-order valence-electron chi connectivity index (χ1n) is 6.41. The molecule has 108 valence electrons. The Morgan fingerprint density at radius 1 is 1.29 bits per heavy atom. The Balaban J connectivity index is 1.98. The van der Waals surface area contributed by atoms with Crippen molar-refractivity contribution in [3.8, 4) is 11.5 Å². The Morgan fingerprint density at radius 2 is 2.10 bits per heavy atom. The molecular formula is C16H12BrClO3. The number of hydrogen-bond acceptors (Lipinski definition) is 3. The fourth-order valence-electron chi connectivity index (χ4n) is 2.36. The van der Waals surface area contributed by atoms with E-state index in [1.54, 1.807) is 31.4 Å². The summed E-state index contributed by atoms with van der Waals surface area (Å²) in [5, 5.41) is 0.591. The normalized spacial score (nSPS) is 17.1. The molecule has 21 heavy (non-hydrogen) atoms. The molecule has 0 saturated heterocycles. The van der Waals surface area contributed by atoms with Crippen LogP contribution in [0.15, 0.2) is 40.9 Å². The number of ketones is 1. The summed E-state index contributed by atoms with van der Waals surface area (Å²) in [6.07, 6.45) is -0.112. The number of Topliss-reactive ketones (excluding diaryl/α,β-unsaturated/α-hetero) is 1. The summed E-state index contributed by atoms with van der Waals surface area (Å²) in [4.78, 5) is 12.3. The van der Waals surface area contributed by atoms with E-state index in [9.17, 15) is 4.79 Å². The maximum atomic E-state index is 12.3. The van der Waals surface area contributed by atoms with Crippen molar-refractivity contribution in [1.29, 1.82) is 0 Å². The van der Waals surface area contributed by atoms with Crippen LogP contribution < -0.4 is 9.47 Å².